The zero-order valence-electron chi connectivity index (χ0n) is 13.6. The predicted molar refractivity (Wildman–Crippen MR) is 85.1 cm³/mol. The first-order valence-corrected chi connectivity index (χ1v) is 7.83. The largest absolute Gasteiger partial charge is 0.474 e. The van der Waals surface area contributed by atoms with Gasteiger partial charge in [0.25, 0.3) is 0 Å². The van der Waals surface area contributed by atoms with Crippen LogP contribution in [0.2, 0.25) is 0 Å². The number of hydrogen-bond donors (Lipinski definition) is 2. The third kappa shape index (κ3) is 4.20. The monoisotopic (exact) mass is 310 g/mol. The van der Waals surface area contributed by atoms with Crippen LogP contribution in [-0.4, -0.2) is 42.9 Å². The van der Waals surface area contributed by atoms with Crippen molar-refractivity contribution in [2.75, 3.05) is 38.0 Å². The fraction of sp³-hybridized carbons (Fsp3) is 0.733. The molecule has 3 N–H and O–H groups in total. The molecular formula is C15H26N4O3. The van der Waals surface area contributed by atoms with Crippen LogP contribution in [0.3, 0.4) is 0 Å². The molecule has 1 fully saturated rings. The summed E-state index contributed by atoms with van der Waals surface area (Å²) in [5, 5.41) is 3.31. The lowest BCUT2D eigenvalue weighted by molar-refractivity contribution is 0.103. The second kappa shape index (κ2) is 8.14. The molecule has 2 atom stereocenters. The van der Waals surface area contributed by atoms with E-state index in [1.54, 1.807) is 7.11 Å². The van der Waals surface area contributed by atoms with E-state index in [0.717, 1.165) is 25.9 Å². The number of hydrogen-bond acceptors (Lipinski definition) is 7. The molecule has 0 aromatic carbocycles. The number of aromatic nitrogens is 2. The number of nitrogens with zero attached hydrogens (tertiary/aromatic N) is 2. The van der Waals surface area contributed by atoms with Crippen LogP contribution in [0.1, 0.15) is 45.0 Å². The average Bonchev–Trinajstić information content (AvgIpc) is 3.05. The summed E-state index contributed by atoms with van der Waals surface area (Å²) < 4.78 is 16.3. The van der Waals surface area contributed by atoms with Gasteiger partial charge in [-0.25, -0.2) is 4.98 Å². The van der Waals surface area contributed by atoms with Crippen molar-refractivity contribution < 1.29 is 14.2 Å². The maximum atomic E-state index is 6.14. The topological polar surface area (TPSA) is 91.5 Å². The summed E-state index contributed by atoms with van der Waals surface area (Å²) in [6.07, 6.45) is 2.83. The molecule has 7 heteroatoms. The molecule has 7 nitrogen and oxygen atoms in total. The van der Waals surface area contributed by atoms with Crippen LogP contribution in [0.4, 0.5) is 11.5 Å². The van der Waals surface area contributed by atoms with Crippen LogP contribution in [-0.2, 0) is 9.47 Å². The molecule has 2 rings (SSSR count). The third-order valence-corrected chi connectivity index (χ3v) is 3.67. The molecule has 2 unspecified atom stereocenters. The summed E-state index contributed by atoms with van der Waals surface area (Å²) >= 11 is 0. The molecule has 1 aromatic heterocycles. The molecular weight excluding hydrogens is 284 g/mol. The van der Waals surface area contributed by atoms with Gasteiger partial charge in [-0.05, 0) is 26.2 Å². The summed E-state index contributed by atoms with van der Waals surface area (Å²) in [4.78, 5) is 8.99. The molecule has 2 heterocycles. The van der Waals surface area contributed by atoms with E-state index >= 15 is 0 Å². The van der Waals surface area contributed by atoms with Crippen LogP contribution in [0.25, 0.3) is 0 Å². The SMILES string of the molecule is CCC(C)Nc1nc(C2CCCO2)nc(OCCOC)c1N. The van der Waals surface area contributed by atoms with Crippen LogP contribution in [0.15, 0.2) is 0 Å². The second-order valence-electron chi connectivity index (χ2n) is 5.45. The molecule has 0 aliphatic carbocycles. The van der Waals surface area contributed by atoms with E-state index in [2.05, 4.69) is 29.1 Å². The third-order valence-electron chi connectivity index (χ3n) is 3.67. The van der Waals surface area contributed by atoms with Crippen molar-refractivity contribution >= 4 is 11.5 Å². The number of rotatable bonds is 8. The van der Waals surface area contributed by atoms with E-state index in [0.29, 0.717) is 36.4 Å². The summed E-state index contributed by atoms with van der Waals surface area (Å²) in [5.74, 6) is 1.63. The van der Waals surface area contributed by atoms with E-state index < -0.39 is 0 Å². The summed E-state index contributed by atoms with van der Waals surface area (Å²) in [6.45, 7) is 5.80. The Morgan fingerprint density at radius 2 is 2.23 bits per heavy atom. The Labute approximate surface area is 131 Å². The highest BCUT2D eigenvalue weighted by Gasteiger charge is 2.24. The number of methoxy groups -OCH3 is 1. The van der Waals surface area contributed by atoms with Gasteiger partial charge in [0.05, 0.1) is 6.61 Å². The van der Waals surface area contributed by atoms with Crippen molar-refractivity contribution in [3.8, 4) is 5.88 Å². The average molecular weight is 310 g/mol. The Morgan fingerprint density at radius 1 is 1.41 bits per heavy atom. The van der Waals surface area contributed by atoms with Gasteiger partial charge in [0.15, 0.2) is 11.6 Å². The minimum Gasteiger partial charge on any atom is -0.474 e. The van der Waals surface area contributed by atoms with Crippen molar-refractivity contribution in [2.24, 2.45) is 0 Å². The number of nitrogens with two attached hydrogens (primary N) is 1. The Bertz CT molecular complexity index is 478. The number of nitrogen functional groups attached to an aromatic ring is 1. The molecule has 0 saturated carbocycles. The highest BCUT2D eigenvalue weighted by Crippen LogP contribution is 2.33. The van der Waals surface area contributed by atoms with Gasteiger partial charge in [0.2, 0.25) is 5.88 Å². The second-order valence-corrected chi connectivity index (χ2v) is 5.45. The van der Waals surface area contributed by atoms with Crippen molar-refractivity contribution in [3.63, 3.8) is 0 Å². The fourth-order valence-corrected chi connectivity index (χ4v) is 2.17. The number of nitrogens with one attached hydrogen (secondary N) is 1. The van der Waals surface area contributed by atoms with Gasteiger partial charge >= 0.3 is 0 Å². The Morgan fingerprint density at radius 3 is 2.86 bits per heavy atom. The van der Waals surface area contributed by atoms with Gasteiger partial charge in [-0.1, -0.05) is 6.92 Å². The first kappa shape index (κ1) is 16.8. The van der Waals surface area contributed by atoms with Gasteiger partial charge in [-0.15, -0.1) is 0 Å². The van der Waals surface area contributed by atoms with Gasteiger partial charge < -0.3 is 25.3 Å². The normalized spacial score (nSPS) is 19.1. The summed E-state index contributed by atoms with van der Waals surface area (Å²) in [7, 11) is 1.63. The standard InChI is InChI=1S/C15H26N4O3/c1-4-10(2)17-14-12(16)15(22-9-8-20-3)19-13(18-14)11-6-5-7-21-11/h10-11H,4-9,16H2,1-3H3,(H,17,18,19). The molecule has 22 heavy (non-hydrogen) atoms. The molecule has 124 valence electrons. The minimum atomic E-state index is -0.0807. The van der Waals surface area contributed by atoms with Crippen LogP contribution in [0, 0.1) is 0 Å². The zero-order chi connectivity index (χ0) is 15.9. The maximum Gasteiger partial charge on any atom is 0.243 e. The van der Waals surface area contributed by atoms with E-state index in [4.69, 9.17) is 19.9 Å². The van der Waals surface area contributed by atoms with E-state index in [-0.39, 0.29) is 12.1 Å². The molecule has 1 saturated heterocycles. The van der Waals surface area contributed by atoms with Crippen molar-refractivity contribution in [1.82, 2.24) is 9.97 Å². The summed E-state index contributed by atoms with van der Waals surface area (Å²) in [6, 6.07) is 0.265. The van der Waals surface area contributed by atoms with E-state index in [1.165, 1.54) is 0 Å². The quantitative estimate of drug-likeness (QED) is 0.711. The molecule has 0 amide bonds. The first-order valence-electron chi connectivity index (χ1n) is 7.83. The van der Waals surface area contributed by atoms with Crippen LogP contribution < -0.4 is 15.8 Å². The smallest absolute Gasteiger partial charge is 0.243 e. The zero-order valence-corrected chi connectivity index (χ0v) is 13.6. The number of ether oxygens (including phenoxy) is 3. The fourth-order valence-electron chi connectivity index (χ4n) is 2.17. The van der Waals surface area contributed by atoms with Crippen LogP contribution >= 0.6 is 0 Å². The molecule has 0 spiro atoms. The highest BCUT2D eigenvalue weighted by molar-refractivity contribution is 5.67. The Hall–Kier alpha value is -1.60. The van der Waals surface area contributed by atoms with E-state index in [1.807, 2.05) is 0 Å². The molecule has 1 aromatic rings. The van der Waals surface area contributed by atoms with E-state index in [9.17, 15) is 0 Å². The molecule has 1 aliphatic rings. The van der Waals surface area contributed by atoms with Crippen LogP contribution in [0.5, 0.6) is 5.88 Å². The van der Waals surface area contributed by atoms with Gasteiger partial charge in [0, 0.05) is 19.8 Å². The summed E-state index contributed by atoms with van der Waals surface area (Å²) in [5.41, 5.74) is 6.57. The Kier molecular flexibility index (Phi) is 6.21. The lowest BCUT2D eigenvalue weighted by Gasteiger charge is -2.18. The van der Waals surface area contributed by atoms with Gasteiger partial charge in [-0.2, -0.15) is 4.98 Å². The van der Waals surface area contributed by atoms with Crippen molar-refractivity contribution in [3.05, 3.63) is 5.82 Å². The lowest BCUT2D eigenvalue weighted by atomic mass is 10.2. The lowest BCUT2D eigenvalue weighted by Crippen LogP contribution is -2.19. The maximum absolute atomic E-state index is 6.14. The molecule has 0 bridgehead atoms. The number of anilines is 2. The molecule has 0 radical (unpaired) electrons. The minimum absolute atomic E-state index is 0.0807. The van der Waals surface area contributed by atoms with Crippen molar-refractivity contribution in [1.29, 1.82) is 0 Å². The van der Waals surface area contributed by atoms with Crippen molar-refractivity contribution in [2.45, 2.75) is 45.3 Å². The molecule has 1 aliphatic heterocycles. The highest BCUT2D eigenvalue weighted by atomic mass is 16.5. The van der Waals surface area contributed by atoms with Gasteiger partial charge in [0.1, 0.15) is 18.4 Å². The van der Waals surface area contributed by atoms with Gasteiger partial charge in [-0.3, -0.25) is 0 Å². The Balaban J connectivity index is 2.25. The predicted octanol–water partition coefficient (Wildman–Crippen LogP) is 2.15. The first-order chi connectivity index (χ1) is 10.7.